The van der Waals surface area contributed by atoms with Crippen molar-refractivity contribution in [2.75, 3.05) is 0 Å². The van der Waals surface area contributed by atoms with Crippen molar-refractivity contribution in [3.63, 3.8) is 0 Å². The molecule has 0 bridgehead atoms. The zero-order valence-corrected chi connectivity index (χ0v) is 15.0. The normalized spacial score (nSPS) is 12.2. The maximum atomic E-state index is 13.3. The molecule has 4 aromatic rings. The molecule has 27 heavy (non-hydrogen) atoms. The van der Waals surface area contributed by atoms with E-state index in [1.807, 2.05) is 36.5 Å². The van der Waals surface area contributed by atoms with E-state index in [2.05, 4.69) is 33.3 Å². The number of rotatable bonds is 5. The molecule has 0 N–H and O–H groups in total. The first-order chi connectivity index (χ1) is 13.2. The molecule has 1 unspecified atom stereocenters. The van der Waals surface area contributed by atoms with Gasteiger partial charge >= 0.3 is 0 Å². The standard InChI is InChI=1S/C22H19FN4/c1-2-26-14-20(19-11-17(13-24)5-8-21(19)26)22(27-10-9-25-15-27)12-16-3-6-18(23)7-4-16/h3-11,14-15,22H,2,12H2,1H3. The van der Waals surface area contributed by atoms with Crippen LogP contribution in [-0.2, 0) is 13.0 Å². The second kappa shape index (κ2) is 7.08. The van der Waals surface area contributed by atoms with Crippen molar-refractivity contribution >= 4 is 10.9 Å². The minimum Gasteiger partial charge on any atom is -0.347 e. The number of benzene rings is 2. The van der Waals surface area contributed by atoms with Gasteiger partial charge in [0.2, 0.25) is 0 Å². The molecule has 0 aliphatic rings. The summed E-state index contributed by atoms with van der Waals surface area (Å²) in [5.74, 6) is -0.237. The quantitative estimate of drug-likeness (QED) is 0.519. The molecule has 0 saturated heterocycles. The number of fused-ring (bicyclic) bond motifs is 1. The lowest BCUT2D eigenvalue weighted by atomic mass is 9.97. The first-order valence-corrected chi connectivity index (χ1v) is 8.94. The molecule has 4 nitrogen and oxygen atoms in total. The third-order valence-corrected chi connectivity index (χ3v) is 4.97. The summed E-state index contributed by atoms with van der Waals surface area (Å²) in [6, 6.07) is 14.7. The van der Waals surface area contributed by atoms with Gasteiger partial charge in [-0.05, 0) is 49.2 Å². The monoisotopic (exact) mass is 358 g/mol. The van der Waals surface area contributed by atoms with Gasteiger partial charge in [-0.15, -0.1) is 0 Å². The van der Waals surface area contributed by atoms with Gasteiger partial charge in [0.25, 0.3) is 0 Å². The SMILES string of the molecule is CCn1cc(C(Cc2ccc(F)cc2)n2ccnc2)c2cc(C#N)ccc21. The van der Waals surface area contributed by atoms with Crippen molar-refractivity contribution in [3.05, 3.63) is 89.9 Å². The molecular weight excluding hydrogens is 339 g/mol. The van der Waals surface area contributed by atoms with Gasteiger partial charge in [0.15, 0.2) is 0 Å². The molecule has 0 aliphatic heterocycles. The average Bonchev–Trinajstić information content (AvgIpc) is 3.35. The van der Waals surface area contributed by atoms with Crippen LogP contribution in [0.3, 0.4) is 0 Å². The number of imidazole rings is 1. The molecule has 2 aromatic carbocycles. The highest BCUT2D eigenvalue weighted by atomic mass is 19.1. The minimum absolute atomic E-state index is 0.00204. The molecule has 0 radical (unpaired) electrons. The highest BCUT2D eigenvalue weighted by Crippen LogP contribution is 2.32. The van der Waals surface area contributed by atoms with Crippen molar-refractivity contribution in [1.29, 1.82) is 5.26 Å². The van der Waals surface area contributed by atoms with Crippen LogP contribution in [0.15, 0.2) is 67.4 Å². The van der Waals surface area contributed by atoms with Crippen LogP contribution >= 0.6 is 0 Å². The van der Waals surface area contributed by atoms with E-state index in [4.69, 9.17) is 0 Å². The summed E-state index contributed by atoms with van der Waals surface area (Å²) in [6.07, 6.45) is 8.36. The lowest BCUT2D eigenvalue weighted by molar-refractivity contribution is 0.579. The van der Waals surface area contributed by atoms with Crippen LogP contribution in [0.1, 0.15) is 29.7 Å². The Morgan fingerprint density at radius 1 is 1.19 bits per heavy atom. The van der Waals surface area contributed by atoms with Gasteiger partial charge in [0, 0.05) is 41.6 Å². The average molecular weight is 358 g/mol. The van der Waals surface area contributed by atoms with Crippen molar-refractivity contribution < 1.29 is 4.39 Å². The summed E-state index contributed by atoms with van der Waals surface area (Å²) in [5.41, 5.74) is 3.93. The minimum atomic E-state index is -0.237. The Morgan fingerprint density at radius 2 is 2.00 bits per heavy atom. The summed E-state index contributed by atoms with van der Waals surface area (Å²) in [7, 11) is 0. The van der Waals surface area contributed by atoms with Gasteiger partial charge in [-0.25, -0.2) is 9.37 Å². The van der Waals surface area contributed by atoms with E-state index in [9.17, 15) is 9.65 Å². The maximum Gasteiger partial charge on any atom is 0.123 e. The number of aryl methyl sites for hydroxylation is 1. The number of aromatic nitrogens is 3. The topological polar surface area (TPSA) is 46.5 Å². The van der Waals surface area contributed by atoms with Gasteiger partial charge in [0.1, 0.15) is 5.82 Å². The molecule has 4 rings (SSSR count). The Bertz CT molecular complexity index is 1100. The highest BCUT2D eigenvalue weighted by Gasteiger charge is 2.20. The van der Waals surface area contributed by atoms with Gasteiger partial charge in [-0.2, -0.15) is 5.26 Å². The predicted molar refractivity (Wildman–Crippen MR) is 103 cm³/mol. The Kier molecular flexibility index (Phi) is 4.47. The number of hydrogen-bond acceptors (Lipinski definition) is 2. The molecule has 5 heteroatoms. The van der Waals surface area contributed by atoms with E-state index in [0.29, 0.717) is 12.0 Å². The molecule has 0 spiro atoms. The lowest BCUT2D eigenvalue weighted by Crippen LogP contribution is -2.12. The molecule has 0 amide bonds. The second-order valence-electron chi connectivity index (χ2n) is 6.57. The lowest BCUT2D eigenvalue weighted by Gasteiger charge is -2.18. The summed E-state index contributed by atoms with van der Waals surface area (Å²) in [6.45, 7) is 2.95. The zero-order chi connectivity index (χ0) is 18.8. The summed E-state index contributed by atoms with van der Waals surface area (Å²) >= 11 is 0. The van der Waals surface area contributed by atoms with Crippen molar-refractivity contribution in [2.24, 2.45) is 0 Å². The predicted octanol–water partition coefficient (Wildman–Crippen LogP) is 4.70. The molecule has 134 valence electrons. The Labute approximate surface area is 157 Å². The van der Waals surface area contributed by atoms with Crippen LogP contribution in [0, 0.1) is 17.1 Å². The van der Waals surface area contributed by atoms with Gasteiger partial charge in [-0.1, -0.05) is 12.1 Å². The van der Waals surface area contributed by atoms with Crippen LogP contribution in [0.4, 0.5) is 4.39 Å². The van der Waals surface area contributed by atoms with Crippen LogP contribution < -0.4 is 0 Å². The van der Waals surface area contributed by atoms with E-state index in [1.165, 1.54) is 12.1 Å². The fraction of sp³-hybridized carbons (Fsp3) is 0.182. The molecule has 0 fully saturated rings. The van der Waals surface area contributed by atoms with Crippen LogP contribution in [0.5, 0.6) is 0 Å². The van der Waals surface area contributed by atoms with Gasteiger partial charge in [-0.3, -0.25) is 0 Å². The Morgan fingerprint density at radius 3 is 2.67 bits per heavy atom. The largest absolute Gasteiger partial charge is 0.347 e. The number of hydrogen-bond donors (Lipinski definition) is 0. The molecule has 0 aliphatic carbocycles. The second-order valence-corrected chi connectivity index (χ2v) is 6.57. The summed E-state index contributed by atoms with van der Waals surface area (Å²) < 4.78 is 17.6. The maximum absolute atomic E-state index is 13.3. The Hall–Kier alpha value is -3.39. The van der Waals surface area contributed by atoms with E-state index < -0.39 is 0 Å². The van der Waals surface area contributed by atoms with E-state index in [0.717, 1.165) is 28.6 Å². The van der Waals surface area contributed by atoms with E-state index in [-0.39, 0.29) is 11.9 Å². The zero-order valence-electron chi connectivity index (χ0n) is 15.0. The van der Waals surface area contributed by atoms with Crippen LogP contribution in [-0.4, -0.2) is 14.1 Å². The third kappa shape index (κ3) is 3.22. The summed E-state index contributed by atoms with van der Waals surface area (Å²) in [4.78, 5) is 4.21. The molecule has 0 saturated carbocycles. The smallest absolute Gasteiger partial charge is 0.123 e. The van der Waals surface area contributed by atoms with Crippen LogP contribution in [0.25, 0.3) is 10.9 Å². The van der Waals surface area contributed by atoms with Crippen molar-refractivity contribution in [3.8, 4) is 6.07 Å². The fourth-order valence-electron chi connectivity index (χ4n) is 3.59. The first-order valence-electron chi connectivity index (χ1n) is 8.94. The van der Waals surface area contributed by atoms with Crippen LogP contribution in [0.2, 0.25) is 0 Å². The highest BCUT2D eigenvalue weighted by molar-refractivity contribution is 5.86. The summed E-state index contributed by atoms with van der Waals surface area (Å²) in [5, 5.41) is 10.4. The number of nitriles is 1. The third-order valence-electron chi connectivity index (χ3n) is 4.97. The molecule has 1 atom stereocenters. The molecule has 2 heterocycles. The molecular formula is C22H19FN4. The number of nitrogens with zero attached hydrogens (tertiary/aromatic N) is 4. The van der Waals surface area contributed by atoms with Gasteiger partial charge < -0.3 is 9.13 Å². The molecule has 2 aromatic heterocycles. The number of halogens is 1. The van der Waals surface area contributed by atoms with E-state index in [1.54, 1.807) is 12.5 Å². The van der Waals surface area contributed by atoms with E-state index >= 15 is 0 Å². The van der Waals surface area contributed by atoms with Gasteiger partial charge in [0.05, 0.1) is 24.0 Å². The van der Waals surface area contributed by atoms with Crippen molar-refractivity contribution in [2.45, 2.75) is 25.9 Å². The fourth-order valence-corrected chi connectivity index (χ4v) is 3.59. The van der Waals surface area contributed by atoms with Crippen molar-refractivity contribution in [1.82, 2.24) is 14.1 Å². The first kappa shape index (κ1) is 17.0. The Balaban J connectivity index is 1.87.